The average molecular weight is 362 g/mol. The Balaban J connectivity index is 2.22. The molecule has 1 saturated carbocycles. The number of anilines is 1. The molecule has 0 bridgehead atoms. The zero-order valence-electron chi connectivity index (χ0n) is 10.4. The van der Waals surface area contributed by atoms with Gasteiger partial charge in [0, 0.05) is 10.5 Å². The molecule has 1 aromatic carbocycles. The molecular formula is C14H15BrCl2N2. The first-order valence-electron chi connectivity index (χ1n) is 6.42. The van der Waals surface area contributed by atoms with Crippen molar-refractivity contribution in [2.75, 3.05) is 5.32 Å². The van der Waals surface area contributed by atoms with E-state index < -0.39 is 0 Å². The maximum absolute atomic E-state index is 9.28. The van der Waals surface area contributed by atoms with E-state index in [1.807, 2.05) is 12.1 Å². The van der Waals surface area contributed by atoms with Gasteiger partial charge in [0.25, 0.3) is 0 Å². The minimum atomic E-state index is 0.0262. The standard InChI is InChI=1S/C14H15BrCl2N2/c15-10-6-11(16)14(12(17)7-10)19-13-5-3-1-2-4-9(13)8-18/h6-7,9,13,19H,1-5H2. The molecule has 1 aromatic rings. The number of hydrogen-bond acceptors (Lipinski definition) is 2. The Hall–Kier alpha value is -0.430. The maximum Gasteiger partial charge on any atom is 0.0722 e. The minimum absolute atomic E-state index is 0.0262. The molecule has 1 aliphatic rings. The fraction of sp³-hybridized carbons (Fsp3) is 0.500. The second kappa shape index (κ2) is 6.83. The summed E-state index contributed by atoms with van der Waals surface area (Å²) in [5, 5.41) is 13.8. The van der Waals surface area contributed by atoms with Gasteiger partial charge in [0.1, 0.15) is 0 Å². The van der Waals surface area contributed by atoms with Gasteiger partial charge in [0.2, 0.25) is 0 Å². The summed E-state index contributed by atoms with van der Waals surface area (Å²) in [5.41, 5.74) is 0.735. The van der Waals surface area contributed by atoms with Gasteiger partial charge in [-0.25, -0.2) is 0 Å². The number of rotatable bonds is 2. The second-order valence-corrected chi connectivity index (χ2v) is 6.60. The van der Waals surface area contributed by atoms with E-state index in [0.29, 0.717) is 10.0 Å². The summed E-state index contributed by atoms with van der Waals surface area (Å²) >= 11 is 15.8. The zero-order valence-corrected chi connectivity index (χ0v) is 13.5. The zero-order chi connectivity index (χ0) is 13.8. The molecule has 0 spiro atoms. The lowest BCUT2D eigenvalue weighted by atomic mass is 9.96. The molecule has 0 aromatic heterocycles. The maximum atomic E-state index is 9.28. The first-order chi connectivity index (χ1) is 9.11. The summed E-state index contributed by atoms with van der Waals surface area (Å²) in [6, 6.07) is 6.16. The molecule has 2 unspecified atom stereocenters. The Labute approximate surface area is 132 Å². The lowest BCUT2D eigenvalue weighted by Crippen LogP contribution is -2.27. The van der Waals surface area contributed by atoms with Crippen molar-refractivity contribution < 1.29 is 0 Å². The third kappa shape index (κ3) is 3.78. The molecule has 5 heteroatoms. The van der Waals surface area contributed by atoms with Gasteiger partial charge < -0.3 is 5.32 Å². The van der Waals surface area contributed by atoms with E-state index in [0.717, 1.165) is 35.8 Å². The summed E-state index contributed by atoms with van der Waals surface area (Å²) in [7, 11) is 0. The van der Waals surface area contributed by atoms with Crippen LogP contribution in [0.25, 0.3) is 0 Å². The van der Waals surface area contributed by atoms with Crippen molar-refractivity contribution in [3.05, 3.63) is 26.7 Å². The number of hydrogen-bond donors (Lipinski definition) is 1. The molecule has 0 saturated heterocycles. The van der Waals surface area contributed by atoms with Crippen molar-refractivity contribution in [2.24, 2.45) is 5.92 Å². The molecule has 1 fully saturated rings. The van der Waals surface area contributed by atoms with Gasteiger partial charge in [-0.2, -0.15) is 5.26 Å². The van der Waals surface area contributed by atoms with Crippen LogP contribution in [-0.2, 0) is 0 Å². The molecule has 19 heavy (non-hydrogen) atoms. The highest BCUT2D eigenvalue weighted by atomic mass is 79.9. The molecule has 0 amide bonds. The van der Waals surface area contributed by atoms with Crippen molar-refractivity contribution >= 4 is 44.8 Å². The number of halogens is 3. The third-order valence-corrected chi connectivity index (χ3v) is 4.57. The predicted molar refractivity (Wildman–Crippen MR) is 83.8 cm³/mol. The van der Waals surface area contributed by atoms with Crippen LogP contribution in [0.5, 0.6) is 0 Å². The summed E-state index contributed by atoms with van der Waals surface area (Å²) < 4.78 is 0.853. The van der Waals surface area contributed by atoms with Crippen LogP contribution in [0.1, 0.15) is 32.1 Å². The van der Waals surface area contributed by atoms with Crippen LogP contribution in [0.15, 0.2) is 16.6 Å². The van der Waals surface area contributed by atoms with Gasteiger partial charge in [0.15, 0.2) is 0 Å². The fourth-order valence-electron chi connectivity index (χ4n) is 2.50. The Morgan fingerprint density at radius 1 is 1.16 bits per heavy atom. The van der Waals surface area contributed by atoms with Crippen LogP contribution in [0.3, 0.4) is 0 Å². The highest BCUT2D eigenvalue weighted by molar-refractivity contribution is 9.10. The number of nitrogens with one attached hydrogen (secondary N) is 1. The monoisotopic (exact) mass is 360 g/mol. The van der Waals surface area contributed by atoms with E-state index >= 15 is 0 Å². The first kappa shape index (κ1) is 15.0. The van der Waals surface area contributed by atoms with Crippen LogP contribution in [0.2, 0.25) is 10.0 Å². The van der Waals surface area contributed by atoms with E-state index in [2.05, 4.69) is 27.3 Å². The van der Waals surface area contributed by atoms with Crippen molar-refractivity contribution in [1.29, 1.82) is 5.26 Å². The predicted octanol–water partition coefficient (Wildman–Crippen LogP) is 5.64. The van der Waals surface area contributed by atoms with Gasteiger partial charge >= 0.3 is 0 Å². The molecule has 0 aliphatic heterocycles. The molecule has 1 N–H and O–H groups in total. The molecule has 0 radical (unpaired) electrons. The number of benzene rings is 1. The van der Waals surface area contributed by atoms with Gasteiger partial charge in [0.05, 0.1) is 27.7 Å². The summed E-state index contributed by atoms with van der Waals surface area (Å²) in [6.07, 6.45) is 5.39. The highest BCUT2D eigenvalue weighted by Crippen LogP contribution is 2.36. The van der Waals surface area contributed by atoms with Crippen LogP contribution >= 0.6 is 39.1 Å². The van der Waals surface area contributed by atoms with Gasteiger partial charge in [-0.1, -0.05) is 58.4 Å². The molecule has 102 valence electrons. The van der Waals surface area contributed by atoms with E-state index in [-0.39, 0.29) is 12.0 Å². The minimum Gasteiger partial charge on any atom is -0.379 e. The molecule has 0 heterocycles. The van der Waals surface area contributed by atoms with Gasteiger partial charge in [-0.05, 0) is 25.0 Å². The van der Waals surface area contributed by atoms with Crippen molar-refractivity contribution in [2.45, 2.75) is 38.1 Å². The Kier molecular flexibility index (Phi) is 5.38. The smallest absolute Gasteiger partial charge is 0.0722 e. The van der Waals surface area contributed by atoms with Crippen LogP contribution in [0, 0.1) is 17.2 Å². The number of nitrogens with zero attached hydrogens (tertiary/aromatic N) is 1. The third-order valence-electron chi connectivity index (χ3n) is 3.52. The summed E-state index contributed by atoms with van der Waals surface area (Å²) in [5.74, 6) is 0.0262. The lowest BCUT2D eigenvalue weighted by Gasteiger charge is -2.23. The molecule has 1 aliphatic carbocycles. The molecular weight excluding hydrogens is 347 g/mol. The molecule has 2 rings (SSSR count). The van der Waals surface area contributed by atoms with Crippen molar-refractivity contribution in [3.63, 3.8) is 0 Å². The molecule has 2 nitrogen and oxygen atoms in total. The number of nitriles is 1. The quantitative estimate of drug-likeness (QED) is 0.691. The fourth-order valence-corrected chi connectivity index (χ4v) is 3.82. The highest BCUT2D eigenvalue weighted by Gasteiger charge is 2.24. The average Bonchev–Trinajstić information content (AvgIpc) is 2.58. The van der Waals surface area contributed by atoms with Crippen LogP contribution < -0.4 is 5.32 Å². The topological polar surface area (TPSA) is 35.8 Å². The van der Waals surface area contributed by atoms with Gasteiger partial charge in [-0.15, -0.1) is 0 Å². The van der Waals surface area contributed by atoms with E-state index in [1.54, 1.807) is 0 Å². The SMILES string of the molecule is N#CC1CCCCCC1Nc1c(Cl)cc(Br)cc1Cl. The summed E-state index contributed by atoms with van der Waals surface area (Å²) in [4.78, 5) is 0. The van der Waals surface area contributed by atoms with Crippen molar-refractivity contribution in [1.82, 2.24) is 0 Å². The Bertz CT molecular complexity index is 476. The summed E-state index contributed by atoms with van der Waals surface area (Å²) in [6.45, 7) is 0. The Morgan fingerprint density at radius 3 is 2.42 bits per heavy atom. The largest absolute Gasteiger partial charge is 0.379 e. The van der Waals surface area contributed by atoms with Crippen LogP contribution in [0.4, 0.5) is 5.69 Å². The van der Waals surface area contributed by atoms with E-state index in [1.165, 1.54) is 6.42 Å². The Morgan fingerprint density at radius 2 is 1.79 bits per heavy atom. The normalized spacial score (nSPS) is 23.5. The second-order valence-electron chi connectivity index (χ2n) is 4.87. The first-order valence-corrected chi connectivity index (χ1v) is 7.97. The molecule has 2 atom stereocenters. The van der Waals surface area contributed by atoms with Crippen molar-refractivity contribution in [3.8, 4) is 6.07 Å². The lowest BCUT2D eigenvalue weighted by molar-refractivity contribution is 0.514. The van der Waals surface area contributed by atoms with Crippen LogP contribution in [-0.4, -0.2) is 6.04 Å². The van der Waals surface area contributed by atoms with E-state index in [9.17, 15) is 5.26 Å². The van der Waals surface area contributed by atoms with Gasteiger partial charge in [-0.3, -0.25) is 0 Å². The van der Waals surface area contributed by atoms with E-state index in [4.69, 9.17) is 23.2 Å².